The Bertz CT molecular complexity index is 637. The quantitative estimate of drug-likeness (QED) is 0.908. The van der Waals surface area contributed by atoms with Crippen LogP contribution in [0.15, 0.2) is 24.3 Å². The van der Waals surface area contributed by atoms with Gasteiger partial charge in [-0.05, 0) is 31.0 Å². The van der Waals surface area contributed by atoms with Crippen molar-refractivity contribution in [2.75, 3.05) is 18.4 Å². The first-order chi connectivity index (χ1) is 9.46. The zero-order valence-corrected chi connectivity index (χ0v) is 11.6. The molecule has 1 saturated carbocycles. The van der Waals surface area contributed by atoms with Crippen molar-refractivity contribution < 1.29 is 17.6 Å². The number of hydrogen-bond acceptors (Lipinski definition) is 3. The van der Waals surface area contributed by atoms with Gasteiger partial charge in [-0.1, -0.05) is 6.07 Å². The molecule has 0 aromatic heterocycles. The Morgan fingerprint density at radius 3 is 2.60 bits per heavy atom. The number of rotatable bonds is 4. The molecule has 1 aromatic carbocycles. The number of halogens is 1. The Morgan fingerprint density at radius 1 is 1.30 bits per heavy atom. The predicted octanol–water partition coefficient (Wildman–Crippen LogP) is 1.19. The van der Waals surface area contributed by atoms with Gasteiger partial charge >= 0.3 is 0 Å². The molecule has 1 aliphatic heterocycles. The number of nitrogens with one attached hydrogen (secondary N) is 1. The van der Waals surface area contributed by atoms with Crippen molar-refractivity contribution in [3.05, 3.63) is 30.1 Å². The molecule has 2 aliphatic rings. The van der Waals surface area contributed by atoms with Gasteiger partial charge in [-0.2, -0.15) is 4.31 Å². The predicted molar refractivity (Wildman–Crippen MR) is 72.0 cm³/mol. The number of amides is 1. The summed E-state index contributed by atoms with van der Waals surface area (Å²) < 4.78 is 38.1. The Kier molecular flexibility index (Phi) is 3.25. The minimum Gasteiger partial charge on any atom is -0.326 e. The normalized spacial score (nSPS) is 20.4. The van der Waals surface area contributed by atoms with Gasteiger partial charge in [-0.15, -0.1) is 0 Å². The summed E-state index contributed by atoms with van der Waals surface area (Å²) in [5, 5.41) is 2.36. The lowest BCUT2D eigenvalue weighted by atomic mass is 10.0. The van der Waals surface area contributed by atoms with Crippen molar-refractivity contribution in [1.29, 1.82) is 0 Å². The van der Waals surface area contributed by atoms with E-state index in [0.717, 1.165) is 12.8 Å². The molecule has 108 valence electrons. The van der Waals surface area contributed by atoms with Crippen molar-refractivity contribution in [3.8, 4) is 0 Å². The highest BCUT2D eigenvalue weighted by Crippen LogP contribution is 2.34. The standard InChI is InChI=1S/C13H15FN2O3S/c14-10-2-1-3-11(6-10)15-13(17)9-7-16(8-9)20(18,19)12-4-5-12/h1-3,6,9,12H,4-5,7-8H2,(H,15,17). The van der Waals surface area contributed by atoms with Crippen molar-refractivity contribution in [1.82, 2.24) is 4.31 Å². The first-order valence-electron chi connectivity index (χ1n) is 6.52. The summed E-state index contributed by atoms with van der Waals surface area (Å²) in [5.41, 5.74) is 0.388. The highest BCUT2D eigenvalue weighted by atomic mass is 32.2. The maximum Gasteiger partial charge on any atom is 0.230 e. The van der Waals surface area contributed by atoms with Gasteiger partial charge < -0.3 is 5.32 Å². The molecular formula is C13H15FN2O3S. The van der Waals surface area contributed by atoms with Crippen LogP contribution in [0.4, 0.5) is 10.1 Å². The van der Waals surface area contributed by atoms with Crippen LogP contribution < -0.4 is 5.32 Å². The van der Waals surface area contributed by atoms with E-state index in [2.05, 4.69) is 5.32 Å². The lowest BCUT2D eigenvalue weighted by Gasteiger charge is -2.37. The average molecular weight is 298 g/mol. The van der Waals surface area contributed by atoms with Gasteiger partial charge in [0.2, 0.25) is 15.9 Å². The number of hydrogen-bond donors (Lipinski definition) is 1. The second-order valence-corrected chi connectivity index (χ2v) is 7.47. The third kappa shape index (κ3) is 2.55. The molecule has 20 heavy (non-hydrogen) atoms. The summed E-state index contributed by atoms with van der Waals surface area (Å²) >= 11 is 0. The smallest absolute Gasteiger partial charge is 0.230 e. The van der Waals surface area contributed by atoms with E-state index in [-0.39, 0.29) is 30.2 Å². The fourth-order valence-corrected chi connectivity index (χ4v) is 4.13. The van der Waals surface area contributed by atoms with Crippen LogP contribution in [0.5, 0.6) is 0 Å². The van der Waals surface area contributed by atoms with Gasteiger partial charge in [-0.3, -0.25) is 4.79 Å². The van der Waals surface area contributed by atoms with E-state index >= 15 is 0 Å². The molecular weight excluding hydrogens is 283 g/mol. The third-order valence-electron chi connectivity index (χ3n) is 3.62. The molecule has 1 heterocycles. The van der Waals surface area contributed by atoms with Crippen molar-refractivity contribution in [2.24, 2.45) is 5.92 Å². The molecule has 1 saturated heterocycles. The Morgan fingerprint density at radius 2 is 2.00 bits per heavy atom. The summed E-state index contributed by atoms with van der Waals surface area (Å²) in [4.78, 5) is 11.9. The lowest BCUT2D eigenvalue weighted by molar-refractivity contribution is -0.122. The van der Waals surface area contributed by atoms with E-state index in [1.54, 1.807) is 6.07 Å². The molecule has 0 atom stereocenters. The van der Waals surface area contributed by atoms with Crippen LogP contribution >= 0.6 is 0 Å². The fourth-order valence-electron chi connectivity index (χ4n) is 2.20. The Labute approximate surface area is 116 Å². The van der Waals surface area contributed by atoms with Crippen LogP contribution in [-0.4, -0.2) is 37.0 Å². The highest BCUT2D eigenvalue weighted by molar-refractivity contribution is 7.90. The van der Waals surface area contributed by atoms with Gasteiger partial charge in [0, 0.05) is 18.8 Å². The fraction of sp³-hybridized carbons (Fsp3) is 0.462. The van der Waals surface area contributed by atoms with Crippen LogP contribution in [0.1, 0.15) is 12.8 Å². The number of carbonyl (C=O) groups excluding carboxylic acids is 1. The maximum absolute atomic E-state index is 13.0. The summed E-state index contributed by atoms with van der Waals surface area (Å²) in [6, 6.07) is 5.63. The van der Waals surface area contributed by atoms with Gasteiger partial charge in [0.15, 0.2) is 0 Å². The molecule has 2 fully saturated rings. The molecule has 1 N–H and O–H groups in total. The van der Waals surface area contributed by atoms with E-state index in [9.17, 15) is 17.6 Å². The second-order valence-electron chi connectivity index (χ2n) is 5.26. The van der Waals surface area contributed by atoms with Gasteiger partial charge in [0.25, 0.3) is 0 Å². The SMILES string of the molecule is O=C(Nc1cccc(F)c1)C1CN(S(=O)(=O)C2CC2)C1. The number of anilines is 1. The maximum atomic E-state index is 13.0. The molecule has 5 nitrogen and oxygen atoms in total. The summed E-state index contributed by atoms with van der Waals surface area (Å²) in [5.74, 6) is -1.04. The zero-order chi connectivity index (χ0) is 14.3. The Hall–Kier alpha value is -1.47. The number of nitrogens with zero attached hydrogens (tertiary/aromatic N) is 1. The van der Waals surface area contributed by atoms with Crippen molar-refractivity contribution in [2.45, 2.75) is 18.1 Å². The average Bonchev–Trinajstić information content (AvgIpc) is 3.09. The number of sulfonamides is 1. The van der Waals surface area contributed by atoms with Crippen LogP contribution in [-0.2, 0) is 14.8 Å². The molecule has 1 amide bonds. The second kappa shape index (κ2) is 4.82. The molecule has 7 heteroatoms. The molecule has 1 aromatic rings. The number of benzene rings is 1. The minimum atomic E-state index is -3.18. The minimum absolute atomic E-state index is 0.222. The van der Waals surface area contributed by atoms with E-state index in [0.29, 0.717) is 5.69 Å². The molecule has 1 aliphatic carbocycles. The van der Waals surface area contributed by atoms with Crippen LogP contribution in [0.2, 0.25) is 0 Å². The van der Waals surface area contributed by atoms with E-state index in [1.165, 1.54) is 22.5 Å². The van der Waals surface area contributed by atoms with Crippen LogP contribution in [0, 0.1) is 11.7 Å². The van der Waals surface area contributed by atoms with Crippen LogP contribution in [0.3, 0.4) is 0 Å². The Balaban J connectivity index is 1.56. The van der Waals surface area contributed by atoms with Gasteiger partial charge in [0.1, 0.15) is 5.82 Å². The topological polar surface area (TPSA) is 66.5 Å². The van der Waals surface area contributed by atoms with E-state index in [1.807, 2.05) is 0 Å². The first-order valence-corrected chi connectivity index (χ1v) is 8.02. The third-order valence-corrected chi connectivity index (χ3v) is 5.95. The van der Waals surface area contributed by atoms with Crippen molar-refractivity contribution in [3.63, 3.8) is 0 Å². The van der Waals surface area contributed by atoms with E-state index < -0.39 is 15.8 Å². The monoisotopic (exact) mass is 298 g/mol. The molecule has 0 spiro atoms. The van der Waals surface area contributed by atoms with Gasteiger partial charge in [-0.25, -0.2) is 12.8 Å². The molecule has 0 unspecified atom stereocenters. The summed E-state index contributed by atoms with van der Waals surface area (Å²) in [6.45, 7) is 0.444. The zero-order valence-electron chi connectivity index (χ0n) is 10.8. The summed E-state index contributed by atoms with van der Waals surface area (Å²) in [6.07, 6.45) is 1.44. The van der Waals surface area contributed by atoms with Crippen LogP contribution in [0.25, 0.3) is 0 Å². The van der Waals surface area contributed by atoms with E-state index in [4.69, 9.17) is 0 Å². The molecule has 0 bridgehead atoms. The first kappa shape index (κ1) is 13.5. The largest absolute Gasteiger partial charge is 0.326 e. The molecule has 3 rings (SSSR count). The lowest BCUT2D eigenvalue weighted by Crippen LogP contribution is -2.55. The van der Waals surface area contributed by atoms with Gasteiger partial charge in [0.05, 0.1) is 11.2 Å². The highest BCUT2D eigenvalue weighted by Gasteiger charge is 2.46. The molecule has 0 radical (unpaired) electrons. The summed E-state index contributed by atoms with van der Waals surface area (Å²) in [7, 11) is -3.18. The van der Waals surface area contributed by atoms with Crippen molar-refractivity contribution >= 4 is 21.6 Å². The number of carbonyl (C=O) groups is 1.